The van der Waals surface area contributed by atoms with Crippen molar-refractivity contribution in [2.75, 3.05) is 26.3 Å². The molecule has 2 aliphatic heterocycles. The van der Waals surface area contributed by atoms with Gasteiger partial charge < -0.3 is 20.1 Å². The molecule has 3 rings (SSSR count). The lowest BCUT2D eigenvalue weighted by Crippen LogP contribution is -2.38. The lowest BCUT2D eigenvalue weighted by Gasteiger charge is -2.22. The van der Waals surface area contributed by atoms with Gasteiger partial charge in [-0.05, 0) is 30.5 Å². The van der Waals surface area contributed by atoms with E-state index in [1.54, 1.807) is 0 Å². The number of nitrogens with zero attached hydrogens (tertiary/aromatic N) is 2. The van der Waals surface area contributed by atoms with Crippen molar-refractivity contribution >= 4 is 41.5 Å². The van der Waals surface area contributed by atoms with E-state index in [9.17, 15) is 0 Å². The largest absolute Gasteiger partial charge is 0.486 e. The summed E-state index contributed by atoms with van der Waals surface area (Å²) in [5.41, 5.74) is 7.11. The van der Waals surface area contributed by atoms with Crippen LogP contribution in [0.25, 0.3) is 0 Å². The number of nitrogens with two attached hydrogens (primary N) is 1. The van der Waals surface area contributed by atoms with Gasteiger partial charge in [0.25, 0.3) is 0 Å². The third kappa shape index (κ3) is 4.79. The quantitative estimate of drug-likeness (QED) is 0.425. The molecule has 0 saturated carbocycles. The van der Waals surface area contributed by atoms with E-state index in [1.807, 2.05) is 12.1 Å². The van der Waals surface area contributed by atoms with Crippen LogP contribution in [0.15, 0.2) is 17.1 Å². The van der Waals surface area contributed by atoms with Gasteiger partial charge in [-0.15, -0.1) is 24.0 Å². The lowest BCUT2D eigenvalue weighted by atomic mass is 10.2. The van der Waals surface area contributed by atoms with E-state index in [0.29, 0.717) is 42.2 Å². The number of rotatable bonds is 2. The molecule has 0 spiro atoms. The normalized spacial score (nSPS) is 18.1. The van der Waals surface area contributed by atoms with Gasteiger partial charge in [-0.25, -0.2) is 4.99 Å². The molecule has 0 aliphatic carbocycles. The van der Waals surface area contributed by atoms with Crippen LogP contribution in [0, 0.1) is 0 Å². The molecule has 0 amide bonds. The van der Waals surface area contributed by atoms with Crippen LogP contribution in [0.3, 0.4) is 0 Å². The zero-order chi connectivity index (χ0) is 15.4. The summed E-state index contributed by atoms with van der Waals surface area (Å²) >= 11 is 6.24. The maximum atomic E-state index is 6.24. The van der Waals surface area contributed by atoms with Crippen LogP contribution in [0.5, 0.6) is 11.5 Å². The second kappa shape index (κ2) is 8.82. The monoisotopic (exact) mass is 451 g/mol. The van der Waals surface area contributed by atoms with Crippen LogP contribution in [-0.2, 0) is 6.54 Å². The van der Waals surface area contributed by atoms with Crippen molar-refractivity contribution in [3.05, 3.63) is 22.7 Å². The first kappa shape index (κ1) is 18.4. The topological polar surface area (TPSA) is 60.1 Å². The van der Waals surface area contributed by atoms with E-state index in [2.05, 4.69) is 9.89 Å². The molecular formula is C16H23ClIN3O2. The summed E-state index contributed by atoms with van der Waals surface area (Å²) < 4.78 is 11.1. The van der Waals surface area contributed by atoms with Gasteiger partial charge in [0, 0.05) is 13.1 Å². The third-order valence-electron chi connectivity index (χ3n) is 4.01. The van der Waals surface area contributed by atoms with E-state index in [0.717, 1.165) is 18.7 Å². The molecule has 2 N–H and O–H groups in total. The second-order valence-corrected chi connectivity index (χ2v) is 6.08. The van der Waals surface area contributed by atoms with Gasteiger partial charge in [0.1, 0.15) is 13.2 Å². The minimum absolute atomic E-state index is 0. The van der Waals surface area contributed by atoms with Crippen molar-refractivity contribution in [2.24, 2.45) is 10.7 Å². The summed E-state index contributed by atoms with van der Waals surface area (Å²) in [6, 6.07) is 3.80. The molecule has 0 unspecified atom stereocenters. The number of halogens is 2. The average molecular weight is 452 g/mol. The predicted octanol–water partition coefficient (Wildman–Crippen LogP) is 3.42. The summed E-state index contributed by atoms with van der Waals surface area (Å²) in [5, 5.41) is 0.566. The molecule has 0 atom stereocenters. The standard InChI is InChI=1S/C16H22ClN3O2.HI/c17-13-9-12(10-14-15(13)22-8-7-21-14)11-19-16(18)20-5-3-1-2-4-6-20;/h9-10H,1-8,11H2,(H2,18,19);1H. The van der Waals surface area contributed by atoms with Crippen LogP contribution in [0.4, 0.5) is 0 Å². The minimum Gasteiger partial charge on any atom is -0.486 e. The highest BCUT2D eigenvalue weighted by Crippen LogP contribution is 2.38. The van der Waals surface area contributed by atoms with Crippen LogP contribution < -0.4 is 15.2 Å². The van der Waals surface area contributed by atoms with Crippen molar-refractivity contribution in [1.29, 1.82) is 0 Å². The molecule has 0 radical (unpaired) electrons. The Morgan fingerprint density at radius 3 is 2.57 bits per heavy atom. The molecule has 7 heteroatoms. The number of fused-ring (bicyclic) bond motifs is 1. The van der Waals surface area contributed by atoms with Gasteiger partial charge in [0.2, 0.25) is 0 Å². The number of hydrogen-bond donors (Lipinski definition) is 1. The van der Waals surface area contributed by atoms with E-state index < -0.39 is 0 Å². The molecule has 1 fully saturated rings. The Hall–Kier alpha value is -0.890. The first-order chi connectivity index (χ1) is 10.7. The molecule has 23 heavy (non-hydrogen) atoms. The zero-order valence-corrected chi connectivity index (χ0v) is 16.2. The zero-order valence-electron chi connectivity index (χ0n) is 13.1. The average Bonchev–Trinajstić information content (AvgIpc) is 2.82. The Morgan fingerprint density at radius 1 is 1.13 bits per heavy atom. The van der Waals surface area contributed by atoms with E-state index in [-0.39, 0.29) is 24.0 Å². The van der Waals surface area contributed by atoms with Crippen molar-refractivity contribution in [3.8, 4) is 11.5 Å². The Kier molecular flexibility index (Phi) is 7.08. The minimum atomic E-state index is 0. The van der Waals surface area contributed by atoms with Crippen molar-refractivity contribution in [2.45, 2.75) is 32.2 Å². The fourth-order valence-electron chi connectivity index (χ4n) is 2.83. The second-order valence-electron chi connectivity index (χ2n) is 5.68. The number of hydrogen-bond acceptors (Lipinski definition) is 3. The molecule has 1 aromatic rings. The summed E-state index contributed by atoms with van der Waals surface area (Å²) in [6.45, 7) is 3.57. The Labute approximate surface area is 159 Å². The number of ether oxygens (including phenoxy) is 2. The highest BCUT2D eigenvalue weighted by Gasteiger charge is 2.17. The van der Waals surface area contributed by atoms with Crippen molar-refractivity contribution < 1.29 is 9.47 Å². The maximum Gasteiger partial charge on any atom is 0.191 e. The first-order valence-corrected chi connectivity index (χ1v) is 8.25. The third-order valence-corrected chi connectivity index (χ3v) is 4.29. The van der Waals surface area contributed by atoms with Gasteiger partial charge in [0.15, 0.2) is 17.5 Å². The van der Waals surface area contributed by atoms with E-state index >= 15 is 0 Å². The molecule has 5 nitrogen and oxygen atoms in total. The Morgan fingerprint density at radius 2 is 1.83 bits per heavy atom. The SMILES string of the molecule is I.NC(=NCc1cc(Cl)c2c(c1)OCCO2)N1CCCCCC1. The summed E-state index contributed by atoms with van der Waals surface area (Å²) in [4.78, 5) is 6.69. The van der Waals surface area contributed by atoms with Crippen molar-refractivity contribution in [3.63, 3.8) is 0 Å². The summed E-state index contributed by atoms with van der Waals surface area (Å²) in [6.07, 6.45) is 4.93. The molecule has 128 valence electrons. The lowest BCUT2D eigenvalue weighted by molar-refractivity contribution is 0.171. The molecule has 2 aliphatic rings. The maximum absolute atomic E-state index is 6.24. The summed E-state index contributed by atoms with van der Waals surface area (Å²) in [7, 11) is 0. The van der Waals surface area contributed by atoms with E-state index in [4.69, 9.17) is 26.8 Å². The van der Waals surface area contributed by atoms with Gasteiger partial charge in [-0.3, -0.25) is 0 Å². The number of benzene rings is 1. The molecule has 2 heterocycles. The summed E-state index contributed by atoms with van der Waals surface area (Å²) in [5.74, 6) is 1.94. The molecule has 1 saturated heterocycles. The van der Waals surface area contributed by atoms with Gasteiger partial charge >= 0.3 is 0 Å². The fraction of sp³-hybridized carbons (Fsp3) is 0.562. The molecular weight excluding hydrogens is 429 g/mol. The van der Waals surface area contributed by atoms with Crippen molar-refractivity contribution in [1.82, 2.24) is 4.90 Å². The molecule has 1 aromatic carbocycles. The predicted molar refractivity (Wildman–Crippen MR) is 103 cm³/mol. The first-order valence-electron chi connectivity index (χ1n) is 7.87. The molecule has 0 bridgehead atoms. The Bertz CT molecular complexity index is 561. The smallest absolute Gasteiger partial charge is 0.191 e. The molecule has 0 aromatic heterocycles. The number of guanidine groups is 1. The number of aliphatic imine (C=N–C) groups is 1. The van der Waals surface area contributed by atoms with Crippen LogP contribution in [0.1, 0.15) is 31.2 Å². The highest BCUT2D eigenvalue weighted by atomic mass is 127. The van der Waals surface area contributed by atoms with Gasteiger partial charge in [-0.2, -0.15) is 0 Å². The van der Waals surface area contributed by atoms with Crippen LogP contribution >= 0.6 is 35.6 Å². The van der Waals surface area contributed by atoms with Gasteiger partial charge in [0.05, 0.1) is 11.6 Å². The van der Waals surface area contributed by atoms with Gasteiger partial charge in [-0.1, -0.05) is 24.4 Å². The van der Waals surface area contributed by atoms with Crippen LogP contribution in [-0.4, -0.2) is 37.2 Å². The number of likely N-dealkylation sites (tertiary alicyclic amines) is 1. The van der Waals surface area contributed by atoms with E-state index in [1.165, 1.54) is 25.7 Å². The highest BCUT2D eigenvalue weighted by molar-refractivity contribution is 14.0. The Balaban J connectivity index is 0.00000192. The fourth-order valence-corrected chi connectivity index (χ4v) is 3.12. The van der Waals surface area contributed by atoms with Crippen LogP contribution in [0.2, 0.25) is 5.02 Å².